The Hall–Kier alpha value is -6.26. The molecule has 0 N–H and O–H groups in total. The number of hydrogen-bond acceptors (Lipinski definition) is 3. The largest absolute Gasteiger partial charge is 0.416 e. The average molecular weight is 590 g/mol. The highest BCUT2D eigenvalue weighted by Gasteiger charge is 2.15. The Morgan fingerprint density at radius 2 is 0.913 bits per heavy atom. The lowest BCUT2D eigenvalue weighted by Crippen LogP contribution is -1.93. The Kier molecular flexibility index (Phi) is 6.10. The van der Waals surface area contributed by atoms with E-state index in [1.807, 2.05) is 24.3 Å². The quantitative estimate of drug-likeness (QED) is 0.201. The molecule has 9 aromatic rings. The molecule has 2 heterocycles. The van der Waals surface area contributed by atoms with E-state index in [2.05, 4.69) is 154 Å². The van der Waals surface area contributed by atoms with Gasteiger partial charge in [-0.3, -0.25) is 0 Å². The minimum Gasteiger partial charge on any atom is -0.416 e. The highest BCUT2D eigenvalue weighted by atomic mass is 16.4. The van der Waals surface area contributed by atoms with Crippen LogP contribution in [0.15, 0.2) is 168 Å². The lowest BCUT2D eigenvalue weighted by atomic mass is 10.0. The first-order chi connectivity index (χ1) is 22.8. The van der Waals surface area contributed by atoms with E-state index >= 15 is 0 Å². The first-order valence-corrected chi connectivity index (χ1v) is 15.4. The zero-order valence-corrected chi connectivity index (χ0v) is 24.8. The number of rotatable bonds is 5. The molecule has 0 saturated heterocycles. The monoisotopic (exact) mass is 589 g/mol. The van der Waals surface area contributed by atoms with Gasteiger partial charge in [0, 0.05) is 27.6 Å². The second kappa shape index (κ2) is 10.7. The minimum absolute atomic E-state index is 0.495. The van der Waals surface area contributed by atoms with Gasteiger partial charge in [0.25, 0.3) is 0 Å². The van der Waals surface area contributed by atoms with Gasteiger partial charge in [-0.2, -0.15) is 0 Å². The molecule has 0 unspecified atom stereocenters. The highest BCUT2D eigenvalue weighted by Crippen LogP contribution is 2.36. The van der Waals surface area contributed by atoms with E-state index in [0.29, 0.717) is 11.8 Å². The zero-order valence-electron chi connectivity index (χ0n) is 24.8. The summed E-state index contributed by atoms with van der Waals surface area (Å²) in [6.45, 7) is 0. The normalized spacial score (nSPS) is 11.5. The lowest BCUT2D eigenvalue weighted by Gasteiger charge is -2.09. The number of aromatic nitrogens is 3. The molecule has 0 amide bonds. The van der Waals surface area contributed by atoms with Crippen molar-refractivity contribution in [2.45, 2.75) is 0 Å². The Bertz CT molecular complexity index is 2510. The molecule has 9 rings (SSSR count). The zero-order chi connectivity index (χ0) is 30.5. The van der Waals surface area contributed by atoms with Crippen LogP contribution >= 0.6 is 0 Å². The molecule has 0 atom stereocenters. The van der Waals surface area contributed by atoms with Gasteiger partial charge >= 0.3 is 0 Å². The highest BCUT2D eigenvalue weighted by molar-refractivity contribution is 6.10. The molecule has 0 aliphatic carbocycles. The maximum Gasteiger partial charge on any atom is 0.248 e. The summed E-state index contributed by atoms with van der Waals surface area (Å²) in [5.74, 6) is 0.996. The van der Waals surface area contributed by atoms with E-state index in [9.17, 15) is 0 Å². The Morgan fingerprint density at radius 1 is 0.370 bits per heavy atom. The molecular weight excluding hydrogens is 562 g/mol. The van der Waals surface area contributed by atoms with Crippen molar-refractivity contribution in [1.29, 1.82) is 0 Å². The van der Waals surface area contributed by atoms with Gasteiger partial charge in [0.05, 0.1) is 11.0 Å². The number of benzene rings is 7. The third kappa shape index (κ3) is 4.47. The standard InChI is InChI=1S/C42H27N3O/c1-2-8-28(9-3-1)35-22-25-40-38(27-35)37-12-6-7-13-39(37)45(40)36-23-20-32(21-24-36)42-44-43-41(46-42)31-17-14-30(15-18-31)34-19-16-29-10-4-5-11-33(29)26-34/h1-27H. The molecule has 46 heavy (non-hydrogen) atoms. The van der Waals surface area contributed by atoms with Crippen LogP contribution in [0.25, 0.3) is 83.4 Å². The van der Waals surface area contributed by atoms with Crippen molar-refractivity contribution < 1.29 is 4.42 Å². The van der Waals surface area contributed by atoms with Gasteiger partial charge in [-0.25, -0.2) is 0 Å². The number of nitrogens with zero attached hydrogens (tertiary/aromatic N) is 3. The van der Waals surface area contributed by atoms with E-state index in [1.165, 1.54) is 49.3 Å². The summed E-state index contributed by atoms with van der Waals surface area (Å²) in [7, 11) is 0. The molecule has 4 heteroatoms. The topological polar surface area (TPSA) is 43.9 Å². The van der Waals surface area contributed by atoms with Crippen LogP contribution in [-0.4, -0.2) is 14.8 Å². The third-order valence-corrected chi connectivity index (χ3v) is 8.79. The van der Waals surface area contributed by atoms with Crippen LogP contribution in [0.3, 0.4) is 0 Å². The van der Waals surface area contributed by atoms with Crippen LogP contribution in [-0.2, 0) is 0 Å². The van der Waals surface area contributed by atoms with Crippen LogP contribution in [0.5, 0.6) is 0 Å². The first kappa shape index (κ1) is 26.2. The summed E-state index contributed by atoms with van der Waals surface area (Å²) in [5.41, 5.74) is 9.92. The van der Waals surface area contributed by atoms with Crippen molar-refractivity contribution in [2.24, 2.45) is 0 Å². The van der Waals surface area contributed by atoms with Gasteiger partial charge in [0.1, 0.15) is 0 Å². The van der Waals surface area contributed by atoms with Gasteiger partial charge in [0.15, 0.2) is 0 Å². The van der Waals surface area contributed by atoms with Crippen LogP contribution in [0.4, 0.5) is 0 Å². The molecule has 216 valence electrons. The summed E-state index contributed by atoms with van der Waals surface area (Å²) in [4.78, 5) is 0. The van der Waals surface area contributed by atoms with Gasteiger partial charge in [0.2, 0.25) is 11.8 Å². The van der Waals surface area contributed by atoms with Gasteiger partial charge in [-0.1, -0.05) is 103 Å². The predicted octanol–water partition coefficient (Wildman–Crippen LogP) is 11.0. The van der Waals surface area contributed by atoms with Crippen LogP contribution in [0.1, 0.15) is 0 Å². The molecule has 0 saturated carbocycles. The summed E-state index contributed by atoms with van der Waals surface area (Å²) in [6, 6.07) is 57.4. The fourth-order valence-electron chi connectivity index (χ4n) is 6.45. The predicted molar refractivity (Wildman–Crippen MR) is 188 cm³/mol. The third-order valence-electron chi connectivity index (χ3n) is 8.79. The molecule has 0 aliphatic heterocycles. The maximum absolute atomic E-state index is 6.16. The van der Waals surface area contributed by atoms with Crippen LogP contribution in [0.2, 0.25) is 0 Å². The molecule has 0 spiro atoms. The van der Waals surface area contributed by atoms with Gasteiger partial charge < -0.3 is 8.98 Å². The summed E-state index contributed by atoms with van der Waals surface area (Å²) in [6.07, 6.45) is 0. The molecule has 0 aliphatic rings. The second-order valence-corrected chi connectivity index (χ2v) is 11.5. The number of hydrogen-bond donors (Lipinski definition) is 0. The summed E-state index contributed by atoms with van der Waals surface area (Å²) in [5, 5.41) is 13.7. The van der Waals surface area contributed by atoms with E-state index in [4.69, 9.17) is 4.42 Å². The van der Waals surface area contributed by atoms with Crippen LogP contribution in [0, 0.1) is 0 Å². The summed E-state index contributed by atoms with van der Waals surface area (Å²) < 4.78 is 8.48. The lowest BCUT2D eigenvalue weighted by molar-refractivity contribution is 0.584. The minimum atomic E-state index is 0.495. The molecule has 0 radical (unpaired) electrons. The molecule has 4 nitrogen and oxygen atoms in total. The Balaban J connectivity index is 1.01. The molecule has 2 aromatic heterocycles. The Labute approximate surface area is 265 Å². The molecular formula is C42H27N3O. The average Bonchev–Trinajstić information content (AvgIpc) is 3.75. The van der Waals surface area contributed by atoms with Gasteiger partial charge in [-0.05, 0) is 93.7 Å². The SMILES string of the molecule is c1ccc(-c2ccc3c(c2)c2ccccc2n3-c2ccc(-c3nnc(-c4ccc(-c5ccc6ccccc6c5)cc4)o3)cc2)cc1. The van der Waals surface area contributed by atoms with Gasteiger partial charge in [-0.15, -0.1) is 10.2 Å². The van der Waals surface area contributed by atoms with Crippen molar-refractivity contribution in [3.63, 3.8) is 0 Å². The molecule has 0 bridgehead atoms. The number of para-hydroxylation sites is 1. The fourth-order valence-corrected chi connectivity index (χ4v) is 6.45. The van der Waals surface area contributed by atoms with Crippen molar-refractivity contribution in [2.75, 3.05) is 0 Å². The van der Waals surface area contributed by atoms with E-state index in [-0.39, 0.29) is 0 Å². The fraction of sp³-hybridized carbons (Fsp3) is 0. The van der Waals surface area contributed by atoms with Crippen LogP contribution < -0.4 is 0 Å². The first-order valence-electron chi connectivity index (χ1n) is 15.4. The van der Waals surface area contributed by atoms with Crippen molar-refractivity contribution in [1.82, 2.24) is 14.8 Å². The Morgan fingerprint density at radius 3 is 1.70 bits per heavy atom. The van der Waals surface area contributed by atoms with E-state index in [1.54, 1.807) is 0 Å². The van der Waals surface area contributed by atoms with Crippen molar-refractivity contribution in [3.8, 4) is 50.8 Å². The number of fused-ring (bicyclic) bond motifs is 4. The maximum atomic E-state index is 6.16. The van der Waals surface area contributed by atoms with Crippen molar-refractivity contribution in [3.05, 3.63) is 164 Å². The van der Waals surface area contributed by atoms with E-state index in [0.717, 1.165) is 22.4 Å². The summed E-state index contributed by atoms with van der Waals surface area (Å²) >= 11 is 0. The molecule has 7 aromatic carbocycles. The van der Waals surface area contributed by atoms with Crippen molar-refractivity contribution >= 4 is 32.6 Å². The molecule has 0 fully saturated rings. The smallest absolute Gasteiger partial charge is 0.248 e. The van der Waals surface area contributed by atoms with E-state index < -0.39 is 0 Å². The second-order valence-electron chi connectivity index (χ2n) is 11.5.